The summed E-state index contributed by atoms with van der Waals surface area (Å²) in [7, 11) is 0. The van der Waals surface area contributed by atoms with E-state index in [9.17, 15) is 13.2 Å². The molecule has 2 N–H and O–H groups in total. The van der Waals surface area contributed by atoms with Gasteiger partial charge in [-0.2, -0.15) is 13.2 Å². The van der Waals surface area contributed by atoms with Gasteiger partial charge in [-0.25, -0.2) is 0 Å². The number of alkyl halides is 3. The molecule has 16 heavy (non-hydrogen) atoms. The average molecular weight is 230 g/mol. The molecule has 1 aromatic rings. The van der Waals surface area contributed by atoms with Crippen molar-refractivity contribution < 1.29 is 13.2 Å². The van der Waals surface area contributed by atoms with E-state index < -0.39 is 11.7 Å². The first kappa shape index (κ1) is 11.1. The van der Waals surface area contributed by atoms with Gasteiger partial charge in [0.15, 0.2) is 0 Å². The van der Waals surface area contributed by atoms with Crippen LogP contribution in [0.4, 0.5) is 24.5 Å². The molecule has 0 aliphatic carbocycles. The van der Waals surface area contributed by atoms with E-state index in [0.29, 0.717) is 5.69 Å². The molecule has 1 fully saturated rings. The van der Waals surface area contributed by atoms with Gasteiger partial charge >= 0.3 is 6.18 Å². The van der Waals surface area contributed by atoms with Crippen LogP contribution in [0, 0.1) is 0 Å². The summed E-state index contributed by atoms with van der Waals surface area (Å²) in [4.78, 5) is 2.02. The van der Waals surface area contributed by atoms with E-state index >= 15 is 0 Å². The lowest BCUT2D eigenvalue weighted by Gasteiger charge is -2.20. The molecular weight excluding hydrogens is 217 g/mol. The zero-order valence-electron chi connectivity index (χ0n) is 8.72. The number of hydrogen-bond donors (Lipinski definition) is 1. The summed E-state index contributed by atoms with van der Waals surface area (Å²) in [5.41, 5.74) is 5.89. The fraction of sp³-hybridized carbons (Fsp3) is 0.455. The quantitative estimate of drug-likeness (QED) is 0.751. The third kappa shape index (κ3) is 2.08. The van der Waals surface area contributed by atoms with Crippen LogP contribution in [-0.4, -0.2) is 13.1 Å². The van der Waals surface area contributed by atoms with Crippen LogP contribution in [0.15, 0.2) is 18.2 Å². The van der Waals surface area contributed by atoms with Gasteiger partial charge in [0, 0.05) is 13.1 Å². The van der Waals surface area contributed by atoms with Gasteiger partial charge < -0.3 is 10.6 Å². The highest BCUT2D eigenvalue weighted by atomic mass is 19.4. The van der Waals surface area contributed by atoms with Gasteiger partial charge in [0.1, 0.15) is 0 Å². The summed E-state index contributed by atoms with van der Waals surface area (Å²) in [6.07, 6.45) is -2.18. The molecule has 1 aliphatic heterocycles. The fourth-order valence-corrected chi connectivity index (χ4v) is 1.98. The highest BCUT2D eigenvalue weighted by Gasteiger charge is 2.31. The monoisotopic (exact) mass is 230 g/mol. The molecule has 1 saturated heterocycles. The smallest absolute Gasteiger partial charge is 0.397 e. The highest BCUT2D eigenvalue weighted by Crippen LogP contribution is 2.34. The molecule has 1 aliphatic rings. The molecule has 88 valence electrons. The Morgan fingerprint density at radius 3 is 2.25 bits per heavy atom. The van der Waals surface area contributed by atoms with Crippen molar-refractivity contribution in [2.45, 2.75) is 19.0 Å². The van der Waals surface area contributed by atoms with Crippen LogP contribution < -0.4 is 10.6 Å². The van der Waals surface area contributed by atoms with Crippen LogP contribution in [0.3, 0.4) is 0 Å². The summed E-state index contributed by atoms with van der Waals surface area (Å²) in [5, 5.41) is 0. The number of benzene rings is 1. The molecule has 1 aromatic carbocycles. The summed E-state index contributed by atoms with van der Waals surface area (Å²) >= 11 is 0. The van der Waals surface area contributed by atoms with Crippen LogP contribution in [0.5, 0.6) is 0 Å². The van der Waals surface area contributed by atoms with Crippen molar-refractivity contribution in [3.8, 4) is 0 Å². The molecule has 0 spiro atoms. The molecule has 0 amide bonds. The van der Waals surface area contributed by atoms with Crippen LogP contribution in [0.1, 0.15) is 18.4 Å². The van der Waals surface area contributed by atoms with Gasteiger partial charge in [-0.1, -0.05) is 0 Å². The first-order valence-corrected chi connectivity index (χ1v) is 5.20. The van der Waals surface area contributed by atoms with Gasteiger partial charge in [0.05, 0.1) is 16.9 Å². The first-order chi connectivity index (χ1) is 7.48. The number of nitrogens with zero attached hydrogens (tertiary/aromatic N) is 1. The van der Waals surface area contributed by atoms with E-state index in [1.807, 2.05) is 4.90 Å². The zero-order chi connectivity index (χ0) is 11.8. The minimum absolute atomic E-state index is 0.205. The zero-order valence-corrected chi connectivity index (χ0v) is 8.72. The summed E-state index contributed by atoms with van der Waals surface area (Å²) in [5.74, 6) is 0. The number of anilines is 2. The summed E-state index contributed by atoms with van der Waals surface area (Å²) < 4.78 is 37.2. The third-order valence-electron chi connectivity index (χ3n) is 2.80. The van der Waals surface area contributed by atoms with Crippen LogP contribution in [-0.2, 0) is 6.18 Å². The minimum atomic E-state index is -4.32. The fourth-order valence-electron chi connectivity index (χ4n) is 1.98. The molecule has 5 heteroatoms. The van der Waals surface area contributed by atoms with Crippen molar-refractivity contribution >= 4 is 11.4 Å². The maximum atomic E-state index is 12.4. The van der Waals surface area contributed by atoms with E-state index in [1.54, 1.807) is 0 Å². The average Bonchev–Trinajstić information content (AvgIpc) is 2.69. The van der Waals surface area contributed by atoms with Crippen LogP contribution >= 0.6 is 0 Å². The Balaban J connectivity index is 2.29. The van der Waals surface area contributed by atoms with E-state index in [2.05, 4.69) is 0 Å². The van der Waals surface area contributed by atoms with Gasteiger partial charge in [0.25, 0.3) is 0 Å². The Bertz CT molecular complexity index is 381. The Kier molecular flexibility index (Phi) is 2.69. The van der Waals surface area contributed by atoms with Crippen LogP contribution in [0.2, 0.25) is 0 Å². The van der Waals surface area contributed by atoms with Crippen molar-refractivity contribution in [1.82, 2.24) is 0 Å². The molecule has 0 radical (unpaired) electrons. The van der Waals surface area contributed by atoms with Crippen molar-refractivity contribution in [3.05, 3.63) is 23.8 Å². The number of nitrogen functional groups attached to an aromatic ring is 1. The SMILES string of the molecule is Nc1cc(C(F)(F)F)ccc1N1CCCC1. The van der Waals surface area contributed by atoms with E-state index in [0.717, 1.165) is 38.1 Å². The largest absolute Gasteiger partial charge is 0.416 e. The van der Waals surface area contributed by atoms with E-state index in [4.69, 9.17) is 5.73 Å². The maximum absolute atomic E-state index is 12.4. The molecule has 0 aromatic heterocycles. The normalized spacial score (nSPS) is 16.8. The van der Waals surface area contributed by atoms with Crippen molar-refractivity contribution in [2.24, 2.45) is 0 Å². The number of halogens is 3. The maximum Gasteiger partial charge on any atom is 0.416 e. The molecule has 0 unspecified atom stereocenters. The Labute approximate surface area is 91.8 Å². The summed E-state index contributed by atoms with van der Waals surface area (Å²) in [6, 6.07) is 3.56. The molecule has 0 bridgehead atoms. The molecule has 0 saturated carbocycles. The predicted molar refractivity (Wildman–Crippen MR) is 57.3 cm³/mol. The Morgan fingerprint density at radius 2 is 1.75 bits per heavy atom. The minimum Gasteiger partial charge on any atom is -0.397 e. The molecule has 0 atom stereocenters. The van der Waals surface area contributed by atoms with Gasteiger partial charge in [-0.05, 0) is 31.0 Å². The molecular formula is C11H13F3N2. The Morgan fingerprint density at radius 1 is 1.12 bits per heavy atom. The lowest BCUT2D eigenvalue weighted by atomic mass is 10.1. The second-order valence-electron chi connectivity index (χ2n) is 3.97. The Hall–Kier alpha value is -1.39. The van der Waals surface area contributed by atoms with Gasteiger partial charge in [-0.3, -0.25) is 0 Å². The summed E-state index contributed by atoms with van der Waals surface area (Å²) in [6.45, 7) is 1.74. The molecule has 1 heterocycles. The van der Waals surface area contributed by atoms with Crippen molar-refractivity contribution in [3.63, 3.8) is 0 Å². The first-order valence-electron chi connectivity index (χ1n) is 5.20. The number of rotatable bonds is 1. The van der Waals surface area contributed by atoms with Crippen LogP contribution in [0.25, 0.3) is 0 Å². The lowest BCUT2D eigenvalue weighted by molar-refractivity contribution is -0.137. The number of hydrogen-bond acceptors (Lipinski definition) is 2. The highest BCUT2D eigenvalue weighted by molar-refractivity contribution is 5.69. The van der Waals surface area contributed by atoms with Gasteiger partial charge in [0.2, 0.25) is 0 Å². The standard InChI is InChI=1S/C11H13F3N2/c12-11(13,14)8-3-4-10(9(15)7-8)16-5-1-2-6-16/h3-4,7H,1-2,5-6,15H2. The molecule has 2 nitrogen and oxygen atoms in total. The van der Waals surface area contributed by atoms with Crippen molar-refractivity contribution in [1.29, 1.82) is 0 Å². The topological polar surface area (TPSA) is 29.3 Å². The van der Waals surface area contributed by atoms with Crippen molar-refractivity contribution in [2.75, 3.05) is 23.7 Å². The predicted octanol–water partition coefficient (Wildman–Crippen LogP) is 2.89. The third-order valence-corrected chi connectivity index (χ3v) is 2.80. The second kappa shape index (κ2) is 3.88. The molecule has 2 rings (SSSR count). The van der Waals surface area contributed by atoms with Gasteiger partial charge in [-0.15, -0.1) is 0 Å². The number of nitrogens with two attached hydrogens (primary N) is 1. The van der Waals surface area contributed by atoms with E-state index in [-0.39, 0.29) is 5.69 Å². The van der Waals surface area contributed by atoms with E-state index in [1.165, 1.54) is 6.07 Å². The lowest BCUT2D eigenvalue weighted by Crippen LogP contribution is -2.19. The second-order valence-corrected chi connectivity index (χ2v) is 3.97.